The number of amides is 1. The van der Waals surface area contributed by atoms with Gasteiger partial charge in [-0.2, -0.15) is 8.42 Å². The number of nitrogens with two attached hydrogens (primary N) is 1. The third kappa shape index (κ3) is 6.60. The van der Waals surface area contributed by atoms with Crippen LogP contribution in [0.15, 0.2) is 0 Å². The van der Waals surface area contributed by atoms with Crippen LogP contribution in [-0.2, 0) is 15.0 Å². The largest absolute Gasteiger partial charge is 0.350 e. The molecule has 0 radical (unpaired) electrons. The van der Waals surface area contributed by atoms with E-state index in [1.54, 1.807) is 0 Å². The molecular formula is C14H30N4O3S. The van der Waals surface area contributed by atoms with Crippen LogP contribution < -0.4 is 15.2 Å². The number of hydrogen-bond acceptors (Lipinski definition) is 4. The SMILES string of the molecule is CCC(C)(C)NC(=O)[C@@H](C)N1CCC[C@H](CNS(N)(=O)=O)C1. The summed E-state index contributed by atoms with van der Waals surface area (Å²) in [5.74, 6) is 0.202. The van der Waals surface area contributed by atoms with Crippen molar-refractivity contribution in [3.8, 4) is 0 Å². The fraction of sp³-hybridized carbons (Fsp3) is 0.929. The summed E-state index contributed by atoms with van der Waals surface area (Å²) in [4.78, 5) is 14.5. The van der Waals surface area contributed by atoms with Gasteiger partial charge in [-0.25, -0.2) is 9.86 Å². The Hall–Kier alpha value is -0.700. The van der Waals surface area contributed by atoms with Crippen LogP contribution in [0.5, 0.6) is 0 Å². The number of carbonyl (C=O) groups is 1. The van der Waals surface area contributed by atoms with E-state index in [4.69, 9.17) is 5.14 Å². The Kier molecular flexibility index (Phi) is 6.79. The number of piperidine rings is 1. The lowest BCUT2D eigenvalue weighted by molar-refractivity contribution is -0.128. The lowest BCUT2D eigenvalue weighted by Crippen LogP contribution is -2.54. The minimum absolute atomic E-state index is 0.0203. The maximum absolute atomic E-state index is 12.4. The van der Waals surface area contributed by atoms with Crippen molar-refractivity contribution in [2.24, 2.45) is 11.1 Å². The first-order chi connectivity index (χ1) is 10.0. The highest BCUT2D eigenvalue weighted by Crippen LogP contribution is 2.19. The van der Waals surface area contributed by atoms with Gasteiger partial charge >= 0.3 is 0 Å². The van der Waals surface area contributed by atoms with Crippen LogP contribution in [0.4, 0.5) is 0 Å². The molecule has 0 aromatic carbocycles. The number of carbonyl (C=O) groups excluding carboxylic acids is 1. The van der Waals surface area contributed by atoms with Crippen molar-refractivity contribution < 1.29 is 13.2 Å². The molecule has 1 rings (SSSR count). The van der Waals surface area contributed by atoms with Gasteiger partial charge in [0, 0.05) is 18.6 Å². The second-order valence-electron chi connectivity index (χ2n) is 6.80. The summed E-state index contributed by atoms with van der Waals surface area (Å²) in [6.07, 6.45) is 2.76. The predicted octanol–water partition coefficient (Wildman–Crippen LogP) is 0.185. The topological polar surface area (TPSA) is 105 Å². The standard InChI is InChI=1S/C14H30N4O3S/c1-5-14(3,4)17-13(19)11(2)18-8-6-7-12(10-18)9-16-22(15,20)21/h11-12,16H,5-10H2,1-4H3,(H,17,19)(H2,15,20,21)/t11-,12-/m1/s1. The van der Waals surface area contributed by atoms with E-state index in [2.05, 4.69) is 14.9 Å². The van der Waals surface area contributed by atoms with Crippen molar-refractivity contribution in [2.75, 3.05) is 19.6 Å². The molecule has 0 bridgehead atoms. The Morgan fingerprint density at radius 2 is 2.09 bits per heavy atom. The van der Waals surface area contributed by atoms with Gasteiger partial charge in [0.15, 0.2) is 0 Å². The van der Waals surface area contributed by atoms with E-state index in [-0.39, 0.29) is 23.4 Å². The zero-order valence-electron chi connectivity index (χ0n) is 14.1. The van der Waals surface area contributed by atoms with Crippen LogP contribution in [0.1, 0.15) is 47.0 Å². The summed E-state index contributed by atoms with van der Waals surface area (Å²) in [7, 11) is -3.65. The van der Waals surface area contributed by atoms with Crippen molar-refractivity contribution >= 4 is 16.1 Å². The van der Waals surface area contributed by atoms with Crippen molar-refractivity contribution in [2.45, 2.75) is 58.5 Å². The van der Waals surface area contributed by atoms with Gasteiger partial charge < -0.3 is 5.32 Å². The van der Waals surface area contributed by atoms with Gasteiger partial charge in [-0.15, -0.1) is 0 Å². The summed E-state index contributed by atoms with van der Waals surface area (Å²) in [5, 5.41) is 8.03. The number of likely N-dealkylation sites (tertiary alicyclic amines) is 1. The number of nitrogens with one attached hydrogen (secondary N) is 2. The zero-order chi connectivity index (χ0) is 17.0. The third-order valence-electron chi connectivity index (χ3n) is 4.40. The summed E-state index contributed by atoms with van der Waals surface area (Å²) >= 11 is 0. The quantitative estimate of drug-likeness (QED) is 0.618. The van der Waals surface area contributed by atoms with E-state index < -0.39 is 10.2 Å². The van der Waals surface area contributed by atoms with Crippen LogP contribution in [0.3, 0.4) is 0 Å². The molecule has 1 saturated heterocycles. The molecule has 8 heteroatoms. The maximum atomic E-state index is 12.4. The molecule has 0 unspecified atom stereocenters. The highest BCUT2D eigenvalue weighted by Gasteiger charge is 2.29. The molecule has 2 atom stereocenters. The highest BCUT2D eigenvalue weighted by molar-refractivity contribution is 7.87. The van der Waals surface area contributed by atoms with Gasteiger partial charge in [-0.05, 0) is 52.5 Å². The first kappa shape index (κ1) is 19.3. The first-order valence-corrected chi connectivity index (χ1v) is 9.42. The molecule has 1 aliphatic heterocycles. The van der Waals surface area contributed by atoms with Crippen LogP contribution in [0.2, 0.25) is 0 Å². The van der Waals surface area contributed by atoms with Crippen molar-refractivity contribution in [1.82, 2.24) is 14.9 Å². The van der Waals surface area contributed by atoms with Gasteiger partial charge in [0.2, 0.25) is 5.91 Å². The fourth-order valence-electron chi connectivity index (χ4n) is 2.54. The minimum atomic E-state index is -3.65. The minimum Gasteiger partial charge on any atom is -0.350 e. The first-order valence-electron chi connectivity index (χ1n) is 7.87. The summed E-state index contributed by atoms with van der Waals surface area (Å²) in [6.45, 7) is 9.83. The molecule has 0 aliphatic carbocycles. The Morgan fingerprint density at radius 3 is 2.64 bits per heavy atom. The van der Waals surface area contributed by atoms with Crippen molar-refractivity contribution in [1.29, 1.82) is 0 Å². The van der Waals surface area contributed by atoms with Gasteiger partial charge in [0.1, 0.15) is 0 Å². The van der Waals surface area contributed by atoms with Crippen molar-refractivity contribution in [3.63, 3.8) is 0 Å². The second kappa shape index (κ2) is 7.72. The molecule has 22 heavy (non-hydrogen) atoms. The van der Waals surface area contributed by atoms with E-state index in [1.807, 2.05) is 27.7 Å². The van der Waals surface area contributed by atoms with Gasteiger partial charge in [-0.3, -0.25) is 9.69 Å². The summed E-state index contributed by atoms with van der Waals surface area (Å²) in [6, 6.07) is -0.219. The number of rotatable bonds is 7. The molecule has 4 N–H and O–H groups in total. The van der Waals surface area contributed by atoms with E-state index in [0.29, 0.717) is 13.1 Å². The Balaban J connectivity index is 2.55. The predicted molar refractivity (Wildman–Crippen MR) is 87.4 cm³/mol. The molecule has 0 saturated carbocycles. The van der Waals surface area contributed by atoms with Gasteiger partial charge in [0.25, 0.3) is 10.2 Å². The van der Waals surface area contributed by atoms with Crippen LogP contribution in [0, 0.1) is 5.92 Å². The van der Waals surface area contributed by atoms with Crippen LogP contribution in [0.25, 0.3) is 0 Å². The molecular weight excluding hydrogens is 304 g/mol. The summed E-state index contributed by atoms with van der Waals surface area (Å²) < 4.78 is 24.3. The smallest absolute Gasteiger partial charge is 0.274 e. The molecule has 1 amide bonds. The zero-order valence-corrected chi connectivity index (χ0v) is 14.9. The normalized spacial score (nSPS) is 22.3. The van der Waals surface area contributed by atoms with Crippen LogP contribution >= 0.6 is 0 Å². The average molecular weight is 334 g/mol. The molecule has 130 valence electrons. The molecule has 1 aliphatic rings. The Labute approximate surface area is 134 Å². The maximum Gasteiger partial charge on any atom is 0.274 e. The van der Waals surface area contributed by atoms with Gasteiger partial charge in [0.05, 0.1) is 6.04 Å². The summed E-state index contributed by atoms with van der Waals surface area (Å²) in [5.41, 5.74) is -0.213. The fourth-order valence-corrected chi connectivity index (χ4v) is 3.01. The molecule has 0 aromatic rings. The monoisotopic (exact) mass is 334 g/mol. The molecule has 0 spiro atoms. The van der Waals surface area contributed by atoms with E-state index in [9.17, 15) is 13.2 Å². The lowest BCUT2D eigenvalue weighted by Gasteiger charge is -2.37. The van der Waals surface area contributed by atoms with Crippen LogP contribution in [-0.4, -0.2) is 50.4 Å². The molecule has 1 heterocycles. The van der Waals surface area contributed by atoms with E-state index >= 15 is 0 Å². The Bertz CT molecular complexity index is 478. The molecule has 7 nitrogen and oxygen atoms in total. The third-order valence-corrected chi connectivity index (χ3v) is 4.97. The van der Waals surface area contributed by atoms with E-state index in [1.165, 1.54) is 0 Å². The molecule has 1 fully saturated rings. The lowest BCUT2D eigenvalue weighted by atomic mass is 9.96. The number of nitrogens with zero attached hydrogens (tertiary/aromatic N) is 1. The highest BCUT2D eigenvalue weighted by atomic mass is 32.2. The number of hydrogen-bond donors (Lipinski definition) is 3. The van der Waals surface area contributed by atoms with Gasteiger partial charge in [-0.1, -0.05) is 6.92 Å². The molecule has 0 aromatic heterocycles. The van der Waals surface area contributed by atoms with E-state index in [0.717, 1.165) is 25.8 Å². The average Bonchev–Trinajstić information content (AvgIpc) is 2.43. The Morgan fingerprint density at radius 1 is 1.45 bits per heavy atom. The second-order valence-corrected chi connectivity index (χ2v) is 8.18. The van der Waals surface area contributed by atoms with Crippen molar-refractivity contribution in [3.05, 3.63) is 0 Å².